The Bertz CT molecular complexity index is 484. The van der Waals surface area contributed by atoms with Crippen molar-refractivity contribution < 1.29 is 14.7 Å². The normalized spacial score (nSPS) is 10.1. The molecule has 1 aromatic rings. The van der Waals surface area contributed by atoms with E-state index in [1.807, 2.05) is 13.8 Å². The van der Waals surface area contributed by atoms with Crippen LogP contribution in [0.25, 0.3) is 0 Å². The first-order valence-corrected chi connectivity index (χ1v) is 6.15. The van der Waals surface area contributed by atoms with Gasteiger partial charge in [-0.2, -0.15) is 0 Å². The summed E-state index contributed by atoms with van der Waals surface area (Å²) in [6.45, 7) is 4.55. The molecule has 0 unspecified atom stereocenters. The third-order valence-corrected chi connectivity index (χ3v) is 2.93. The SMILES string of the molecule is CCN(CC(=O)N(C)C)c1cc(C)ccc1C(=O)O. The smallest absolute Gasteiger partial charge is 0.337 e. The fourth-order valence-electron chi connectivity index (χ4n) is 1.76. The topological polar surface area (TPSA) is 60.9 Å². The monoisotopic (exact) mass is 264 g/mol. The molecule has 1 amide bonds. The molecule has 0 radical (unpaired) electrons. The number of hydrogen-bond donors (Lipinski definition) is 1. The Morgan fingerprint density at radius 2 is 1.89 bits per heavy atom. The van der Waals surface area contributed by atoms with Crippen LogP contribution in [0, 0.1) is 6.92 Å². The van der Waals surface area contributed by atoms with Crippen LogP contribution in [-0.2, 0) is 4.79 Å². The maximum absolute atomic E-state index is 11.8. The maximum atomic E-state index is 11.8. The summed E-state index contributed by atoms with van der Waals surface area (Å²) < 4.78 is 0. The second-order valence-corrected chi connectivity index (χ2v) is 4.63. The summed E-state index contributed by atoms with van der Waals surface area (Å²) in [6.07, 6.45) is 0. The van der Waals surface area contributed by atoms with E-state index in [0.717, 1.165) is 5.56 Å². The molecule has 0 aliphatic heterocycles. The van der Waals surface area contributed by atoms with Gasteiger partial charge in [0.2, 0.25) is 5.91 Å². The average molecular weight is 264 g/mol. The van der Waals surface area contributed by atoms with Crippen LogP contribution in [0.4, 0.5) is 5.69 Å². The fraction of sp³-hybridized carbons (Fsp3) is 0.429. The summed E-state index contributed by atoms with van der Waals surface area (Å²) in [4.78, 5) is 26.3. The van der Waals surface area contributed by atoms with Crippen molar-refractivity contribution in [3.63, 3.8) is 0 Å². The third-order valence-electron chi connectivity index (χ3n) is 2.93. The first-order valence-electron chi connectivity index (χ1n) is 6.15. The van der Waals surface area contributed by atoms with Gasteiger partial charge in [-0.15, -0.1) is 0 Å². The van der Waals surface area contributed by atoms with Crippen LogP contribution in [-0.4, -0.2) is 49.1 Å². The van der Waals surface area contributed by atoms with Crippen molar-refractivity contribution in [3.05, 3.63) is 29.3 Å². The van der Waals surface area contributed by atoms with Gasteiger partial charge in [0.1, 0.15) is 0 Å². The number of carbonyl (C=O) groups excluding carboxylic acids is 1. The molecule has 0 spiro atoms. The van der Waals surface area contributed by atoms with E-state index in [0.29, 0.717) is 12.2 Å². The lowest BCUT2D eigenvalue weighted by Crippen LogP contribution is -2.37. The molecule has 0 aliphatic rings. The molecule has 0 saturated carbocycles. The molecule has 0 fully saturated rings. The van der Waals surface area contributed by atoms with Gasteiger partial charge in [0.05, 0.1) is 17.8 Å². The number of likely N-dealkylation sites (N-methyl/N-ethyl adjacent to an activating group) is 2. The lowest BCUT2D eigenvalue weighted by Gasteiger charge is -2.26. The van der Waals surface area contributed by atoms with E-state index < -0.39 is 5.97 Å². The number of nitrogens with zero attached hydrogens (tertiary/aromatic N) is 2. The highest BCUT2D eigenvalue weighted by atomic mass is 16.4. The van der Waals surface area contributed by atoms with Crippen molar-refractivity contribution in [1.82, 2.24) is 4.90 Å². The predicted molar refractivity (Wildman–Crippen MR) is 74.7 cm³/mol. The number of benzene rings is 1. The fourth-order valence-corrected chi connectivity index (χ4v) is 1.76. The highest BCUT2D eigenvalue weighted by molar-refractivity contribution is 5.95. The second kappa shape index (κ2) is 6.22. The summed E-state index contributed by atoms with van der Waals surface area (Å²) >= 11 is 0. The van der Waals surface area contributed by atoms with Crippen LogP contribution >= 0.6 is 0 Å². The van der Waals surface area contributed by atoms with E-state index in [1.165, 1.54) is 4.90 Å². The number of hydrogen-bond acceptors (Lipinski definition) is 3. The minimum atomic E-state index is -0.981. The van der Waals surface area contributed by atoms with Gasteiger partial charge in [0.15, 0.2) is 0 Å². The van der Waals surface area contributed by atoms with E-state index in [4.69, 9.17) is 0 Å². The van der Waals surface area contributed by atoms with E-state index in [9.17, 15) is 14.7 Å². The van der Waals surface area contributed by atoms with Gasteiger partial charge in [-0.1, -0.05) is 6.07 Å². The van der Waals surface area contributed by atoms with Crippen molar-refractivity contribution in [2.75, 3.05) is 32.1 Å². The molecule has 104 valence electrons. The zero-order valence-electron chi connectivity index (χ0n) is 11.8. The highest BCUT2D eigenvalue weighted by Gasteiger charge is 2.18. The highest BCUT2D eigenvalue weighted by Crippen LogP contribution is 2.22. The minimum absolute atomic E-state index is 0.0558. The molecule has 0 bridgehead atoms. The Labute approximate surface area is 113 Å². The summed E-state index contributed by atoms with van der Waals surface area (Å²) in [5, 5.41) is 9.22. The molecule has 1 rings (SSSR count). The molecule has 1 aromatic carbocycles. The third kappa shape index (κ3) is 3.71. The number of rotatable bonds is 5. The number of carbonyl (C=O) groups is 2. The number of carboxylic acid groups (broad SMARTS) is 1. The lowest BCUT2D eigenvalue weighted by molar-refractivity contribution is -0.127. The maximum Gasteiger partial charge on any atom is 0.337 e. The van der Waals surface area contributed by atoms with Crippen LogP contribution < -0.4 is 4.90 Å². The van der Waals surface area contributed by atoms with Gasteiger partial charge >= 0.3 is 5.97 Å². The first kappa shape index (κ1) is 15.0. The zero-order chi connectivity index (χ0) is 14.6. The van der Waals surface area contributed by atoms with Crippen molar-refractivity contribution in [1.29, 1.82) is 0 Å². The molecule has 0 atom stereocenters. The molecule has 5 heteroatoms. The first-order chi connectivity index (χ1) is 8.86. The number of amides is 1. The number of anilines is 1. The average Bonchev–Trinajstić information content (AvgIpc) is 2.34. The predicted octanol–water partition coefficient (Wildman–Crippen LogP) is 1.61. The van der Waals surface area contributed by atoms with Gasteiger partial charge in [-0.3, -0.25) is 4.79 Å². The molecule has 5 nitrogen and oxygen atoms in total. The number of aryl methyl sites for hydroxylation is 1. The zero-order valence-corrected chi connectivity index (χ0v) is 11.8. The standard InChI is InChI=1S/C14H20N2O3/c1-5-16(9-13(17)15(3)4)12-8-10(2)6-7-11(12)14(18)19/h6-8H,5,9H2,1-4H3,(H,18,19). The van der Waals surface area contributed by atoms with Crippen molar-refractivity contribution >= 4 is 17.6 Å². The van der Waals surface area contributed by atoms with Gasteiger partial charge in [-0.05, 0) is 31.5 Å². The Morgan fingerprint density at radius 1 is 1.26 bits per heavy atom. The molecular formula is C14H20N2O3. The van der Waals surface area contributed by atoms with Crippen LogP contribution in [0.5, 0.6) is 0 Å². The Morgan fingerprint density at radius 3 is 2.37 bits per heavy atom. The van der Waals surface area contributed by atoms with Crippen LogP contribution in [0.2, 0.25) is 0 Å². The summed E-state index contributed by atoms with van der Waals surface area (Å²) in [6, 6.07) is 5.14. The summed E-state index contributed by atoms with van der Waals surface area (Å²) in [7, 11) is 3.37. The lowest BCUT2D eigenvalue weighted by atomic mass is 10.1. The summed E-state index contributed by atoms with van der Waals surface area (Å²) in [5.41, 5.74) is 1.78. The molecule has 1 N–H and O–H groups in total. The molecule has 0 aliphatic carbocycles. The van der Waals surface area contributed by atoms with Crippen molar-refractivity contribution in [3.8, 4) is 0 Å². The van der Waals surface area contributed by atoms with Gasteiger partial charge < -0.3 is 14.9 Å². The van der Waals surface area contributed by atoms with Crippen LogP contribution in [0.3, 0.4) is 0 Å². The van der Waals surface area contributed by atoms with E-state index in [-0.39, 0.29) is 18.0 Å². The molecule has 0 aromatic heterocycles. The Balaban J connectivity index is 3.13. The minimum Gasteiger partial charge on any atom is -0.478 e. The van der Waals surface area contributed by atoms with E-state index >= 15 is 0 Å². The quantitative estimate of drug-likeness (QED) is 0.877. The van der Waals surface area contributed by atoms with Crippen molar-refractivity contribution in [2.45, 2.75) is 13.8 Å². The van der Waals surface area contributed by atoms with E-state index in [1.54, 1.807) is 37.2 Å². The Hall–Kier alpha value is -2.04. The molecular weight excluding hydrogens is 244 g/mol. The van der Waals surface area contributed by atoms with Crippen molar-refractivity contribution in [2.24, 2.45) is 0 Å². The Kier molecular flexibility index (Phi) is 4.92. The summed E-state index contributed by atoms with van der Waals surface area (Å²) in [5.74, 6) is -1.04. The number of carboxylic acids is 1. The van der Waals surface area contributed by atoms with Gasteiger partial charge in [0, 0.05) is 20.6 Å². The van der Waals surface area contributed by atoms with Gasteiger partial charge in [-0.25, -0.2) is 4.79 Å². The largest absolute Gasteiger partial charge is 0.478 e. The van der Waals surface area contributed by atoms with Crippen LogP contribution in [0.15, 0.2) is 18.2 Å². The van der Waals surface area contributed by atoms with Gasteiger partial charge in [0.25, 0.3) is 0 Å². The van der Waals surface area contributed by atoms with E-state index in [2.05, 4.69) is 0 Å². The number of aromatic carboxylic acids is 1. The molecule has 19 heavy (non-hydrogen) atoms. The molecule has 0 heterocycles. The van der Waals surface area contributed by atoms with Crippen LogP contribution in [0.1, 0.15) is 22.8 Å². The molecule has 0 saturated heterocycles. The second-order valence-electron chi connectivity index (χ2n) is 4.63.